The van der Waals surface area contributed by atoms with E-state index >= 15 is 0 Å². The highest BCUT2D eigenvalue weighted by Gasteiger charge is 2.20. The lowest BCUT2D eigenvalue weighted by molar-refractivity contribution is 0.667. The first-order valence-electron chi connectivity index (χ1n) is 15.5. The molecule has 6 nitrogen and oxygen atoms in total. The SMILES string of the molecule is N#Cc1cc(C#N)cc(-c2nc(-c3ccccc3)c3oc4ccc(-c5ccc6c(c5)c5ccccc5n6-c5ccccc5)cc4c3n2)c1. The van der Waals surface area contributed by atoms with Crippen LogP contribution in [0.5, 0.6) is 0 Å². The van der Waals surface area contributed by atoms with Gasteiger partial charge in [0.2, 0.25) is 0 Å². The maximum absolute atomic E-state index is 9.65. The fraction of sp³-hybridized carbons (Fsp3) is 0. The summed E-state index contributed by atoms with van der Waals surface area (Å²) in [5.74, 6) is 0.415. The lowest BCUT2D eigenvalue weighted by Gasteiger charge is -2.08. The van der Waals surface area contributed by atoms with Crippen molar-refractivity contribution in [1.82, 2.24) is 14.5 Å². The molecule has 0 radical (unpaired) electrons. The Kier molecular flexibility index (Phi) is 6.15. The number of hydrogen-bond acceptors (Lipinski definition) is 5. The molecule has 3 aromatic heterocycles. The van der Waals surface area contributed by atoms with Gasteiger partial charge in [-0.25, -0.2) is 9.97 Å². The molecule has 48 heavy (non-hydrogen) atoms. The van der Waals surface area contributed by atoms with E-state index in [2.05, 4.69) is 95.6 Å². The van der Waals surface area contributed by atoms with E-state index in [1.54, 1.807) is 18.2 Å². The zero-order valence-electron chi connectivity index (χ0n) is 25.4. The topological polar surface area (TPSA) is 91.4 Å². The molecule has 0 unspecified atom stereocenters. The summed E-state index contributed by atoms with van der Waals surface area (Å²) in [6, 6.07) is 50.9. The Labute approximate surface area is 275 Å². The standard InChI is InChI=1S/C42H23N5O/c43-24-26-19-27(25-44)21-31(20-26)42-45-39(28-9-3-1-4-10-28)41-40(46-42)35-23-30(16-18-38(35)48-41)29-15-17-37-34(22-29)33-13-7-8-14-36(33)47(37)32-11-5-2-6-12-32/h1-23H. The quantitative estimate of drug-likeness (QED) is 0.197. The molecule has 3 heterocycles. The Morgan fingerprint density at radius 2 is 1.17 bits per heavy atom. The Balaban J connectivity index is 1.27. The zero-order valence-corrected chi connectivity index (χ0v) is 25.4. The summed E-state index contributed by atoms with van der Waals surface area (Å²) in [4.78, 5) is 9.94. The molecule has 0 atom stereocenters. The van der Waals surface area contributed by atoms with E-state index in [0.717, 1.165) is 38.8 Å². The summed E-state index contributed by atoms with van der Waals surface area (Å²) in [6.07, 6.45) is 0. The van der Waals surface area contributed by atoms with Crippen LogP contribution in [0, 0.1) is 22.7 Å². The largest absolute Gasteiger partial charge is 0.452 e. The average Bonchev–Trinajstić information content (AvgIpc) is 3.70. The summed E-state index contributed by atoms with van der Waals surface area (Å²) in [6.45, 7) is 0. The number of nitrogens with zero attached hydrogens (tertiary/aromatic N) is 5. The van der Waals surface area contributed by atoms with Crippen LogP contribution >= 0.6 is 0 Å². The zero-order chi connectivity index (χ0) is 32.2. The second kappa shape index (κ2) is 10.8. The van der Waals surface area contributed by atoms with Gasteiger partial charge in [-0.1, -0.05) is 78.9 Å². The van der Waals surface area contributed by atoms with Gasteiger partial charge in [0.05, 0.1) is 34.3 Å². The maximum Gasteiger partial charge on any atom is 0.180 e. The van der Waals surface area contributed by atoms with Crippen molar-refractivity contribution in [2.75, 3.05) is 0 Å². The van der Waals surface area contributed by atoms with E-state index in [9.17, 15) is 10.5 Å². The van der Waals surface area contributed by atoms with Gasteiger partial charge in [0.1, 0.15) is 16.8 Å². The first-order valence-corrected chi connectivity index (χ1v) is 15.5. The number of para-hydroxylation sites is 2. The molecular weight excluding hydrogens is 590 g/mol. The van der Waals surface area contributed by atoms with Crippen LogP contribution in [0.25, 0.3) is 83.3 Å². The molecule has 0 fully saturated rings. The predicted octanol–water partition coefficient (Wildman–Crippen LogP) is 10.2. The number of nitriles is 2. The molecule has 0 aliphatic heterocycles. The lowest BCUT2D eigenvalue weighted by Crippen LogP contribution is -1.95. The Morgan fingerprint density at radius 3 is 1.92 bits per heavy atom. The van der Waals surface area contributed by atoms with E-state index in [4.69, 9.17) is 14.4 Å². The molecule has 9 rings (SSSR count). The second-order valence-corrected chi connectivity index (χ2v) is 11.7. The Morgan fingerprint density at radius 1 is 0.521 bits per heavy atom. The van der Waals surface area contributed by atoms with Gasteiger partial charge in [-0.05, 0) is 71.8 Å². The first kappa shape index (κ1) is 27.3. The Hall–Kier alpha value is -7.02. The third-order valence-corrected chi connectivity index (χ3v) is 8.83. The van der Waals surface area contributed by atoms with E-state index in [-0.39, 0.29) is 0 Å². The van der Waals surface area contributed by atoms with Crippen molar-refractivity contribution in [3.05, 3.63) is 151 Å². The maximum atomic E-state index is 9.65. The van der Waals surface area contributed by atoms with Crippen LogP contribution in [0.1, 0.15) is 11.1 Å². The van der Waals surface area contributed by atoms with Crippen molar-refractivity contribution in [2.24, 2.45) is 0 Å². The minimum absolute atomic E-state index is 0.373. The van der Waals surface area contributed by atoms with Crippen molar-refractivity contribution in [1.29, 1.82) is 10.5 Å². The van der Waals surface area contributed by atoms with Crippen LogP contribution in [-0.2, 0) is 0 Å². The number of hydrogen-bond donors (Lipinski definition) is 0. The molecule has 6 heteroatoms. The molecule has 0 saturated carbocycles. The lowest BCUT2D eigenvalue weighted by atomic mass is 10.0. The van der Waals surface area contributed by atoms with Crippen LogP contribution in [-0.4, -0.2) is 14.5 Å². The predicted molar refractivity (Wildman–Crippen MR) is 189 cm³/mol. The molecule has 0 saturated heterocycles. The molecule has 0 amide bonds. The number of benzene rings is 6. The van der Waals surface area contributed by atoms with Gasteiger partial charge < -0.3 is 8.98 Å². The third kappa shape index (κ3) is 4.33. The van der Waals surface area contributed by atoms with Gasteiger partial charge in [-0.3, -0.25) is 0 Å². The molecule has 0 aliphatic rings. The summed E-state index contributed by atoms with van der Waals surface area (Å²) in [5.41, 5.74) is 10.3. The number of fused-ring (bicyclic) bond motifs is 6. The number of rotatable bonds is 4. The highest BCUT2D eigenvalue weighted by Crippen LogP contribution is 2.39. The number of furan rings is 1. The summed E-state index contributed by atoms with van der Waals surface area (Å²) < 4.78 is 8.77. The van der Waals surface area contributed by atoms with Crippen molar-refractivity contribution < 1.29 is 4.42 Å². The van der Waals surface area contributed by atoms with Crippen LogP contribution in [0.4, 0.5) is 0 Å². The van der Waals surface area contributed by atoms with Gasteiger partial charge >= 0.3 is 0 Å². The molecule has 0 spiro atoms. The third-order valence-electron chi connectivity index (χ3n) is 8.83. The first-order chi connectivity index (χ1) is 23.7. The van der Waals surface area contributed by atoms with Crippen molar-refractivity contribution in [3.63, 3.8) is 0 Å². The second-order valence-electron chi connectivity index (χ2n) is 11.7. The van der Waals surface area contributed by atoms with Crippen molar-refractivity contribution in [3.8, 4) is 51.6 Å². The van der Waals surface area contributed by atoms with Crippen LogP contribution in [0.2, 0.25) is 0 Å². The van der Waals surface area contributed by atoms with Crippen LogP contribution in [0.3, 0.4) is 0 Å². The normalized spacial score (nSPS) is 11.3. The van der Waals surface area contributed by atoms with Gasteiger partial charge in [0.25, 0.3) is 0 Å². The van der Waals surface area contributed by atoms with E-state index in [1.165, 1.54) is 10.8 Å². The molecule has 0 aliphatic carbocycles. The van der Waals surface area contributed by atoms with Crippen molar-refractivity contribution in [2.45, 2.75) is 0 Å². The minimum Gasteiger partial charge on any atom is -0.452 e. The summed E-state index contributed by atoms with van der Waals surface area (Å²) in [7, 11) is 0. The molecule has 0 N–H and O–H groups in total. The molecule has 9 aromatic rings. The fourth-order valence-electron chi connectivity index (χ4n) is 6.64. The highest BCUT2D eigenvalue weighted by atomic mass is 16.3. The summed E-state index contributed by atoms with van der Waals surface area (Å²) >= 11 is 0. The smallest absolute Gasteiger partial charge is 0.180 e. The van der Waals surface area contributed by atoms with Gasteiger partial charge in [0.15, 0.2) is 11.4 Å². The molecule has 0 bridgehead atoms. The van der Waals surface area contributed by atoms with Crippen LogP contribution < -0.4 is 0 Å². The van der Waals surface area contributed by atoms with Gasteiger partial charge in [-0.15, -0.1) is 0 Å². The highest BCUT2D eigenvalue weighted by molar-refractivity contribution is 6.11. The van der Waals surface area contributed by atoms with Crippen molar-refractivity contribution >= 4 is 43.9 Å². The number of aromatic nitrogens is 3. The average molecular weight is 614 g/mol. The molecule has 6 aromatic carbocycles. The minimum atomic E-state index is 0.373. The fourth-order valence-corrected chi connectivity index (χ4v) is 6.64. The van der Waals surface area contributed by atoms with E-state index in [1.807, 2.05) is 42.5 Å². The van der Waals surface area contributed by atoms with Gasteiger partial charge in [0, 0.05) is 33.0 Å². The summed E-state index contributed by atoms with van der Waals surface area (Å²) in [5, 5.41) is 22.5. The Bertz CT molecular complexity index is 2770. The van der Waals surface area contributed by atoms with E-state index < -0.39 is 0 Å². The monoisotopic (exact) mass is 613 g/mol. The molecule has 222 valence electrons. The van der Waals surface area contributed by atoms with E-state index in [0.29, 0.717) is 44.9 Å². The van der Waals surface area contributed by atoms with Crippen LogP contribution in [0.15, 0.2) is 144 Å². The molecular formula is C42H23N5O. The van der Waals surface area contributed by atoms with Gasteiger partial charge in [-0.2, -0.15) is 10.5 Å².